The van der Waals surface area contributed by atoms with Crippen LogP contribution in [0.4, 0.5) is 0 Å². The van der Waals surface area contributed by atoms with E-state index in [1.54, 1.807) is 11.8 Å². The fraction of sp³-hybridized carbons (Fsp3) is 0.588. The molecule has 0 aliphatic carbocycles. The largest absolute Gasteiger partial charge is 0.330 e. The van der Waals surface area contributed by atoms with Crippen molar-refractivity contribution in [2.45, 2.75) is 50.7 Å². The second-order valence-corrected chi connectivity index (χ2v) is 6.94. The van der Waals surface area contributed by atoms with Crippen LogP contribution in [0.25, 0.3) is 0 Å². The van der Waals surface area contributed by atoms with E-state index in [0.717, 1.165) is 29.2 Å². The molecule has 1 aromatic carbocycles. The van der Waals surface area contributed by atoms with Crippen LogP contribution in [-0.2, 0) is 4.79 Å². The van der Waals surface area contributed by atoms with E-state index >= 15 is 0 Å². The van der Waals surface area contributed by atoms with Crippen LogP contribution in [0.1, 0.15) is 56.3 Å². The number of carbonyl (C=O) groups excluding carboxylic acids is 1. The second-order valence-electron chi connectivity index (χ2n) is 5.22. The minimum Gasteiger partial charge on any atom is -0.330 e. The van der Waals surface area contributed by atoms with E-state index in [0.29, 0.717) is 25.2 Å². The Labute approximate surface area is 137 Å². The lowest BCUT2D eigenvalue weighted by molar-refractivity contribution is -0.119. The first-order valence-corrected chi connectivity index (χ1v) is 9.19. The number of hydrogen-bond donors (Lipinski definition) is 1. The number of carbonyl (C=O) groups is 1. The Balaban J connectivity index is 2.58. The van der Waals surface area contributed by atoms with Crippen molar-refractivity contribution in [1.29, 1.82) is 0 Å². The summed E-state index contributed by atoms with van der Waals surface area (Å²) in [6, 6.07) is 7.80. The molecule has 0 bridgehead atoms. The van der Waals surface area contributed by atoms with Gasteiger partial charge in [0.1, 0.15) is 5.78 Å². The predicted molar refractivity (Wildman–Crippen MR) is 94.1 cm³/mol. The maximum atomic E-state index is 12.2. The molecule has 1 aromatic rings. The van der Waals surface area contributed by atoms with Crippen LogP contribution in [0.2, 0.25) is 5.02 Å². The molecule has 0 amide bonds. The average molecular weight is 328 g/mol. The number of hydrogen-bond acceptors (Lipinski definition) is 3. The first-order chi connectivity index (χ1) is 10.2. The number of unbranched alkanes of at least 4 members (excludes halogenated alkanes) is 3. The Kier molecular flexibility index (Phi) is 9.81. The maximum Gasteiger partial charge on any atom is 0.134 e. The highest BCUT2D eigenvalue weighted by atomic mass is 35.5. The van der Waals surface area contributed by atoms with Gasteiger partial charge in [-0.2, -0.15) is 11.8 Å². The SMILES string of the molecule is CCCCCCC(=O)C[C@H](SCCN)c1ccccc1Cl. The Morgan fingerprint density at radius 2 is 2.05 bits per heavy atom. The Morgan fingerprint density at radius 1 is 1.29 bits per heavy atom. The van der Waals surface area contributed by atoms with Crippen molar-refractivity contribution in [1.82, 2.24) is 0 Å². The molecule has 0 unspecified atom stereocenters. The number of halogens is 1. The maximum absolute atomic E-state index is 12.2. The summed E-state index contributed by atoms with van der Waals surface area (Å²) in [5.74, 6) is 1.18. The minimum atomic E-state index is 0.126. The quantitative estimate of drug-likeness (QED) is 0.581. The summed E-state index contributed by atoms with van der Waals surface area (Å²) in [6.45, 7) is 2.80. The molecular formula is C17H26ClNOS. The van der Waals surface area contributed by atoms with Crippen molar-refractivity contribution in [3.8, 4) is 0 Å². The van der Waals surface area contributed by atoms with Gasteiger partial charge in [0, 0.05) is 35.4 Å². The van der Waals surface area contributed by atoms with Gasteiger partial charge < -0.3 is 5.73 Å². The van der Waals surface area contributed by atoms with Crippen molar-refractivity contribution in [3.05, 3.63) is 34.9 Å². The molecule has 118 valence electrons. The van der Waals surface area contributed by atoms with Gasteiger partial charge in [-0.1, -0.05) is 56.0 Å². The number of ketones is 1. The van der Waals surface area contributed by atoms with Crippen LogP contribution < -0.4 is 5.73 Å². The summed E-state index contributed by atoms with van der Waals surface area (Å²) in [5, 5.41) is 0.867. The zero-order valence-corrected chi connectivity index (χ0v) is 14.4. The van der Waals surface area contributed by atoms with Gasteiger partial charge in [0.2, 0.25) is 0 Å². The van der Waals surface area contributed by atoms with E-state index in [4.69, 9.17) is 17.3 Å². The van der Waals surface area contributed by atoms with E-state index < -0.39 is 0 Å². The molecule has 0 saturated heterocycles. The van der Waals surface area contributed by atoms with Crippen molar-refractivity contribution < 1.29 is 4.79 Å². The monoisotopic (exact) mass is 327 g/mol. The summed E-state index contributed by atoms with van der Waals surface area (Å²) in [4.78, 5) is 12.2. The number of nitrogens with two attached hydrogens (primary N) is 1. The Hall–Kier alpha value is -0.510. The van der Waals surface area contributed by atoms with Gasteiger partial charge in [-0.3, -0.25) is 4.79 Å². The zero-order valence-electron chi connectivity index (χ0n) is 12.8. The zero-order chi connectivity index (χ0) is 15.5. The fourth-order valence-corrected chi connectivity index (χ4v) is 3.70. The molecule has 0 heterocycles. The third-order valence-electron chi connectivity index (χ3n) is 3.41. The molecule has 1 rings (SSSR count). The summed E-state index contributed by atoms with van der Waals surface area (Å²) >= 11 is 8.00. The molecule has 2 N–H and O–H groups in total. The fourth-order valence-electron chi connectivity index (χ4n) is 2.26. The molecule has 21 heavy (non-hydrogen) atoms. The molecule has 1 atom stereocenters. The number of rotatable bonds is 11. The lowest BCUT2D eigenvalue weighted by atomic mass is 10.0. The Bertz CT molecular complexity index is 425. The van der Waals surface area contributed by atoms with Gasteiger partial charge in [-0.05, 0) is 18.1 Å². The minimum absolute atomic E-state index is 0.126. The molecule has 0 aliphatic rings. The first-order valence-electron chi connectivity index (χ1n) is 7.76. The van der Waals surface area contributed by atoms with E-state index in [1.807, 2.05) is 24.3 Å². The summed E-state index contributed by atoms with van der Waals surface area (Å²) in [6.07, 6.45) is 5.80. The van der Waals surface area contributed by atoms with Crippen LogP contribution in [0, 0.1) is 0 Å². The number of benzene rings is 1. The molecule has 2 nitrogen and oxygen atoms in total. The third kappa shape index (κ3) is 7.35. The highest BCUT2D eigenvalue weighted by molar-refractivity contribution is 7.99. The van der Waals surface area contributed by atoms with Gasteiger partial charge in [-0.25, -0.2) is 0 Å². The van der Waals surface area contributed by atoms with Gasteiger partial charge in [0.05, 0.1) is 0 Å². The molecule has 4 heteroatoms. The lowest BCUT2D eigenvalue weighted by Crippen LogP contribution is -2.09. The van der Waals surface area contributed by atoms with Crippen molar-refractivity contribution >= 4 is 29.1 Å². The van der Waals surface area contributed by atoms with Gasteiger partial charge in [0.25, 0.3) is 0 Å². The molecular weight excluding hydrogens is 302 g/mol. The highest BCUT2D eigenvalue weighted by Gasteiger charge is 2.18. The molecule has 0 aromatic heterocycles. The number of thioether (sulfide) groups is 1. The van der Waals surface area contributed by atoms with Gasteiger partial charge in [-0.15, -0.1) is 0 Å². The van der Waals surface area contributed by atoms with Crippen LogP contribution in [-0.4, -0.2) is 18.1 Å². The molecule has 0 aliphatic heterocycles. The van der Waals surface area contributed by atoms with Crippen LogP contribution >= 0.6 is 23.4 Å². The summed E-state index contributed by atoms with van der Waals surface area (Å²) < 4.78 is 0. The second kappa shape index (κ2) is 11.1. The first kappa shape index (κ1) is 18.5. The molecule has 0 spiro atoms. The topological polar surface area (TPSA) is 43.1 Å². The smallest absolute Gasteiger partial charge is 0.134 e. The van der Waals surface area contributed by atoms with E-state index in [9.17, 15) is 4.79 Å². The van der Waals surface area contributed by atoms with Gasteiger partial charge >= 0.3 is 0 Å². The molecule has 0 saturated carbocycles. The normalized spacial score (nSPS) is 12.3. The van der Waals surface area contributed by atoms with E-state index in [2.05, 4.69) is 6.92 Å². The van der Waals surface area contributed by atoms with Gasteiger partial charge in [0.15, 0.2) is 0 Å². The van der Waals surface area contributed by atoms with E-state index in [-0.39, 0.29) is 5.25 Å². The van der Waals surface area contributed by atoms with Crippen molar-refractivity contribution in [2.75, 3.05) is 12.3 Å². The standard InChI is InChI=1S/C17H26ClNOS/c1-2-3-4-5-8-14(20)13-17(21-12-11-19)15-9-6-7-10-16(15)18/h6-7,9-10,17H,2-5,8,11-13,19H2,1H3/t17-/m0/s1. The van der Waals surface area contributed by atoms with Crippen LogP contribution in [0.15, 0.2) is 24.3 Å². The van der Waals surface area contributed by atoms with E-state index in [1.165, 1.54) is 12.8 Å². The summed E-state index contributed by atoms with van der Waals surface area (Å²) in [7, 11) is 0. The predicted octanol–water partition coefficient (Wildman–Crippen LogP) is 5.00. The van der Waals surface area contributed by atoms with Crippen molar-refractivity contribution in [2.24, 2.45) is 5.73 Å². The summed E-state index contributed by atoms with van der Waals surface area (Å²) in [5.41, 5.74) is 6.65. The highest BCUT2D eigenvalue weighted by Crippen LogP contribution is 2.36. The lowest BCUT2D eigenvalue weighted by Gasteiger charge is -2.17. The van der Waals surface area contributed by atoms with Crippen LogP contribution in [0.5, 0.6) is 0 Å². The molecule has 0 radical (unpaired) electrons. The average Bonchev–Trinajstić information content (AvgIpc) is 2.48. The third-order valence-corrected chi connectivity index (χ3v) is 5.05. The Morgan fingerprint density at radius 3 is 2.71 bits per heavy atom. The van der Waals surface area contributed by atoms with Crippen molar-refractivity contribution in [3.63, 3.8) is 0 Å². The number of Topliss-reactive ketones (excluding diaryl/α,β-unsaturated/α-hetero) is 1. The van der Waals surface area contributed by atoms with Crippen LogP contribution in [0.3, 0.4) is 0 Å². The molecule has 0 fully saturated rings.